The van der Waals surface area contributed by atoms with Gasteiger partial charge in [0.2, 0.25) is 5.91 Å². The molecular weight excluding hydrogens is 342 g/mol. The molecule has 2 aromatic carbocycles. The van der Waals surface area contributed by atoms with E-state index in [0.717, 1.165) is 15.6 Å². The van der Waals surface area contributed by atoms with Crippen molar-refractivity contribution in [1.82, 2.24) is 14.7 Å². The molecule has 1 heterocycles. The molecular formula is C17H16BrN3O. The van der Waals surface area contributed by atoms with Crippen LogP contribution in [0.25, 0.3) is 21.9 Å². The topological polar surface area (TPSA) is 38.1 Å². The summed E-state index contributed by atoms with van der Waals surface area (Å²) in [4.78, 5) is 13.3. The Morgan fingerprint density at radius 2 is 1.86 bits per heavy atom. The van der Waals surface area contributed by atoms with Crippen molar-refractivity contribution >= 4 is 32.6 Å². The molecule has 112 valence electrons. The number of aromatic nitrogens is 2. The second-order valence-corrected chi connectivity index (χ2v) is 6.34. The van der Waals surface area contributed by atoms with Crippen LogP contribution < -0.4 is 0 Å². The van der Waals surface area contributed by atoms with Gasteiger partial charge in [0.15, 0.2) is 0 Å². The van der Waals surface area contributed by atoms with E-state index in [-0.39, 0.29) is 12.5 Å². The molecule has 0 aliphatic carbocycles. The summed E-state index contributed by atoms with van der Waals surface area (Å²) < 4.78 is 2.74. The normalized spacial score (nSPS) is 10.9. The Bertz CT molecular complexity index is 839. The fraction of sp³-hybridized carbons (Fsp3) is 0.176. The number of fused-ring (bicyclic) bond motifs is 1. The van der Waals surface area contributed by atoms with Crippen LogP contribution in [0.3, 0.4) is 0 Å². The predicted molar refractivity (Wildman–Crippen MR) is 91.6 cm³/mol. The van der Waals surface area contributed by atoms with Gasteiger partial charge in [-0.25, -0.2) is 0 Å². The number of carbonyl (C=O) groups excluding carboxylic acids is 1. The van der Waals surface area contributed by atoms with Gasteiger partial charge in [-0.3, -0.25) is 9.48 Å². The molecule has 0 radical (unpaired) electrons. The maximum atomic E-state index is 11.7. The average molecular weight is 358 g/mol. The smallest absolute Gasteiger partial charge is 0.243 e. The minimum absolute atomic E-state index is 0.0259. The van der Waals surface area contributed by atoms with Crippen LogP contribution in [0.5, 0.6) is 0 Å². The zero-order valence-corrected chi connectivity index (χ0v) is 14.0. The van der Waals surface area contributed by atoms with Gasteiger partial charge in [-0.2, -0.15) is 5.10 Å². The molecule has 0 bridgehead atoms. The lowest BCUT2D eigenvalue weighted by Gasteiger charge is -2.09. The van der Waals surface area contributed by atoms with E-state index in [1.165, 1.54) is 10.8 Å². The molecule has 1 aromatic heterocycles. The molecule has 0 saturated carbocycles. The summed E-state index contributed by atoms with van der Waals surface area (Å²) in [5, 5.41) is 6.64. The van der Waals surface area contributed by atoms with Gasteiger partial charge >= 0.3 is 0 Å². The van der Waals surface area contributed by atoms with Crippen LogP contribution in [0.2, 0.25) is 0 Å². The lowest BCUT2D eigenvalue weighted by molar-refractivity contribution is -0.129. The standard InChI is InChI=1S/C17H16BrN3O/c1-20(2)17(22)11-21-10-15(9-19-21)13-3-4-14-8-16(18)6-5-12(14)7-13/h3-10H,11H2,1-2H3. The molecule has 0 aliphatic rings. The Morgan fingerprint density at radius 3 is 2.64 bits per heavy atom. The fourth-order valence-electron chi connectivity index (χ4n) is 2.28. The SMILES string of the molecule is CN(C)C(=O)Cn1cc(-c2ccc3cc(Br)ccc3c2)cn1. The Labute approximate surface area is 137 Å². The van der Waals surface area contributed by atoms with Gasteiger partial charge in [-0.1, -0.05) is 34.1 Å². The number of rotatable bonds is 3. The number of halogens is 1. The number of carbonyl (C=O) groups is 1. The molecule has 0 fully saturated rings. The summed E-state index contributed by atoms with van der Waals surface area (Å²) in [5.41, 5.74) is 2.11. The average Bonchev–Trinajstić information content (AvgIpc) is 2.95. The highest BCUT2D eigenvalue weighted by Crippen LogP contribution is 2.26. The minimum atomic E-state index is 0.0259. The maximum Gasteiger partial charge on any atom is 0.243 e. The van der Waals surface area contributed by atoms with Crippen LogP contribution in [0.15, 0.2) is 53.3 Å². The van der Waals surface area contributed by atoms with Crippen molar-refractivity contribution in [2.24, 2.45) is 0 Å². The highest BCUT2D eigenvalue weighted by molar-refractivity contribution is 9.10. The molecule has 22 heavy (non-hydrogen) atoms. The quantitative estimate of drug-likeness (QED) is 0.718. The molecule has 0 unspecified atom stereocenters. The summed E-state index contributed by atoms with van der Waals surface area (Å²) >= 11 is 3.48. The van der Waals surface area contributed by atoms with Gasteiger partial charge in [0, 0.05) is 30.3 Å². The predicted octanol–water partition coefficient (Wildman–Crippen LogP) is 3.55. The number of nitrogens with zero attached hydrogens (tertiary/aromatic N) is 3. The van der Waals surface area contributed by atoms with E-state index >= 15 is 0 Å². The molecule has 1 amide bonds. The first kappa shape index (κ1) is 14.8. The van der Waals surface area contributed by atoms with Gasteiger partial charge in [-0.05, 0) is 34.5 Å². The van der Waals surface area contributed by atoms with Crippen LogP contribution in [0, 0.1) is 0 Å². The van der Waals surface area contributed by atoms with E-state index in [0.29, 0.717) is 0 Å². The maximum absolute atomic E-state index is 11.7. The highest BCUT2D eigenvalue weighted by atomic mass is 79.9. The summed E-state index contributed by atoms with van der Waals surface area (Å²) in [6.45, 7) is 0.257. The van der Waals surface area contributed by atoms with Crippen LogP contribution in [-0.4, -0.2) is 34.7 Å². The molecule has 0 aliphatic heterocycles. The molecule has 3 rings (SSSR count). The Hall–Kier alpha value is -2.14. The second-order valence-electron chi connectivity index (χ2n) is 5.42. The van der Waals surface area contributed by atoms with Crippen molar-refractivity contribution in [2.75, 3.05) is 14.1 Å². The van der Waals surface area contributed by atoms with Crippen LogP contribution in [0.4, 0.5) is 0 Å². The van der Waals surface area contributed by atoms with Crippen molar-refractivity contribution in [3.8, 4) is 11.1 Å². The first-order chi connectivity index (χ1) is 10.5. The monoisotopic (exact) mass is 357 g/mol. The molecule has 0 spiro atoms. The highest BCUT2D eigenvalue weighted by Gasteiger charge is 2.08. The van der Waals surface area contributed by atoms with Crippen molar-refractivity contribution in [3.63, 3.8) is 0 Å². The van der Waals surface area contributed by atoms with Crippen molar-refractivity contribution in [3.05, 3.63) is 53.3 Å². The molecule has 0 saturated heterocycles. The van der Waals surface area contributed by atoms with E-state index < -0.39 is 0 Å². The third-order valence-electron chi connectivity index (χ3n) is 3.56. The van der Waals surface area contributed by atoms with E-state index in [9.17, 15) is 4.79 Å². The lowest BCUT2D eigenvalue weighted by Crippen LogP contribution is -2.26. The number of hydrogen-bond acceptors (Lipinski definition) is 2. The third kappa shape index (κ3) is 3.04. The molecule has 5 heteroatoms. The van der Waals surface area contributed by atoms with Gasteiger partial charge in [0.25, 0.3) is 0 Å². The van der Waals surface area contributed by atoms with E-state index in [1.807, 2.05) is 12.3 Å². The number of benzene rings is 2. The Kier molecular flexibility index (Phi) is 3.98. The number of likely N-dealkylation sites (N-methyl/N-ethyl adjacent to an activating group) is 1. The summed E-state index contributed by atoms with van der Waals surface area (Å²) in [6, 6.07) is 12.5. The zero-order chi connectivity index (χ0) is 15.7. The van der Waals surface area contributed by atoms with Gasteiger partial charge < -0.3 is 4.90 Å². The molecule has 3 aromatic rings. The van der Waals surface area contributed by atoms with Crippen LogP contribution >= 0.6 is 15.9 Å². The first-order valence-electron chi connectivity index (χ1n) is 6.95. The molecule has 0 atom stereocenters. The van der Waals surface area contributed by atoms with Crippen LogP contribution in [0.1, 0.15) is 0 Å². The zero-order valence-electron chi connectivity index (χ0n) is 12.5. The van der Waals surface area contributed by atoms with E-state index in [1.54, 1.807) is 29.9 Å². The molecule has 0 N–H and O–H groups in total. The van der Waals surface area contributed by atoms with Crippen molar-refractivity contribution < 1.29 is 4.79 Å². The Morgan fingerprint density at radius 1 is 1.14 bits per heavy atom. The van der Waals surface area contributed by atoms with E-state index in [4.69, 9.17) is 0 Å². The minimum Gasteiger partial charge on any atom is -0.347 e. The number of amides is 1. The summed E-state index contributed by atoms with van der Waals surface area (Å²) in [5.74, 6) is 0.0259. The van der Waals surface area contributed by atoms with Gasteiger partial charge in [0.05, 0.1) is 6.20 Å². The van der Waals surface area contributed by atoms with Crippen molar-refractivity contribution in [2.45, 2.75) is 6.54 Å². The second kappa shape index (κ2) is 5.93. The van der Waals surface area contributed by atoms with Gasteiger partial charge in [0.1, 0.15) is 6.54 Å². The summed E-state index contributed by atoms with van der Waals surface area (Å²) in [7, 11) is 3.49. The molecule has 4 nitrogen and oxygen atoms in total. The summed E-state index contributed by atoms with van der Waals surface area (Å²) in [6.07, 6.45) is 3.70. The van der Waals surface area contributed by atoms with Gasteiger partial charge in [-0.15, -0.1) is 0 Å². The fourth-order valence-corrected chi connectivity index (χ4v) is 2.65. The Balaban J connectivity index is 1.90. The van der Waals surface area contributed by atoms with Crippen molar-refractivity contribution in [1.29, 1.82) is 0 Å². The van der Waals surface area contributed by atoms with Crippen LogP contribution in [-0.2, 0) is 11.3 Å². The first-order valence-corrected chi connectivity index (χ1v) is 7.74. The number of hydrogen-bond donors (Lipinski definition) is 0. The van der Waals surface area contributed by atoms with E-state index in [2.05, 4.69) is 51.4 Å². The largest absolute Gasteiger partial charge is 0.347 e. The third-order valence-corrected chi connectivity index (χ3v) is 4.06. The lowest BCUT2D eigenvalue weighted by atomic mass is 10.0.